The predicted octanol–water partition coefficient (Wildman–Crippen LogP) is 2.45. The van der Waals surface area contributed by atoms with Gasteiger partial charge < -0.3 is 14.6 Å². The quantitative estimate of drug-likeness (QED) is 0.851. The first-order valence-electron chi connectivity index (χ1n) is 8.20. The van der Waals surface area contributed by atoms with Gasteiger partial charge in [0.1, 0.15) is 17.9 Å². The molecule has 2 aromatic rings. The smallest absolute Gasteiger partial charge is 0.341 e. The molecule has 136 valence electrons. The molecule has 0 saturated carbocycles. The summed E-state index contributed by atoms with van der Waals surface area (Å²) in [5.74, 6) is -0.959. The highest BCUT2D eigenvalue weighted by molar-refractivity contribution is 7.92. The van der Waals surface area contributed by atoms with Crippen LogP contribution in [0.5, 0.6) is 5.75 Å². The fourth-order valence-electron chi connectivity index (χ4n) is 3.48. The predicted molar refractivity (Wildman–Crippen MR) is 93.2 cm³/mol. The normalized spacial score (nSPS) is 21.4. The van der Waals surface area contributed by atoms with Gasteiger partial charge in [-0.1, -0.05) is 24.3 Å². The van der Waals surface area contributed by atoms with Crippen molar-refractivity contribution in [2.75, 3.05) is 17.9 Å². The Balaban J connectivity index is 1.77. The molecular weight excluding hydrogens is 358 g/mol. The number of carboxylic acids is 1. The third kappa shape index (κ3) is 2.81. The van der Waals surface area contributed by atoms with Crippen LogP contribution in [0.1, 0.15) is 28.3 Å². The lowest BCUT2D eigenvalue weighted by Gasteiger charge is -2.29. The molecule has 0 amide bonds. The number of rotatable bonds is 4. The van der Waals surface area contributed by atoms with E-state index in [1.54, 1.807) is 24.3 Å². The van der Waals surface area contributed by atoms with Crippen LogP contribution in [0.25, 0.3) is 0 Å². The zero-order valence-corrected chi connectivity index (χ0v) is 14.5. The monoisotopic (exact) mass is 375 g/mol. The van der Waals surface area contributed by atoms with Crippen molar-refractivity contribution >= 4 is 21.7 Å². The minimum atomic E-state index is -3.91. The molecule has 2 heterocycles. The molecule has 4 rings (SSSR count). The summed E-state index contributed by atoms with van der Waals surface area (Å²) in [5, 5.41) is 9.68. The molecule has 2 atom stereocenters. The highest BCUT2D eigenvalue weighted by Gasteiger charge is 2.38. The molecule has 0 spiro atoms. The van der Waals surface area contributed by atoms with E-state index < -0.39 is 16.0 Å². The van der Waals surface area contributed by atoms with Gasteiger partial charge in [0.05, 0.1) is 16.7 Å². The van der Waals surface area contributed by atoms with Crippen LogP contribution >= 0.6 is 0 Å². The lowest BCUT2D eigenvalue weighted by Crippen LogP contribution is -2.29. The molecule has 0 aromatic heterocycles. The van der Waals surface area contributed by atoms with Gasteiger partial charge in [0.25, 0.3) is 10.0 Å². The standard InChI is InChI=1S/C18H17NO6S/c20-18(21)16-14(19-26(22,23)11-4-2-1-3-5-11)7-6-13-12-8-9-24-15(12)10-25-17(13)16/h1-7,12,15,19H,8-10H2,(H,20,21)/t12-,15+/m1/s1. The Morgan fingerprint density at radius 1 is 1.15 bits per heavy atom. The minimum Gasteiger partial charge on any atom is -0.490 e. The van der Waals surface area contributed by atoms with E-state index in [9.17, 15) is 18.3 Å². The molecule has 2 aliphatic rings. The van der Waals surface area contributed by atoms with Gasteiger partial charge in [-0.3, -0.25) is 4.72 Å². The second kappa shape index (κ2) is 6.30. The van der Waals surface area contributed by atoms with Crippen LogP contribution in [-0.2, 0) is 14.8 Å². The Labute approximate surface area is 150 Å². The van der Waals surface area contributed by atoms with Crippen molar-refractivity contribution in [3.8, 4) is 5.75 Å². The maximum absolute atomic E-state index is 12.6. The fraction of sp³-hybridized carbons (Fsp3) is 0.278. The highest BCUT2D eigenvalue weighted by atomic mass is 32.2. The second-order valence-electron chi connectivity index (χ2n) is 6.25. The Bertz CT molecular complexity index is 957. The minimum absolute atomic E-state index is 0.0162. The summed E-state index contributed by atoms with van der Waals surface area (Å²) in [6, 6.07) is 11.0. The van der Waals surface area contributed by atoms with E-state index in [0.717, 1.165) is 12.0 Å². The number of sulfonamides is 1. The van der Waals surface area contributed by atoms with E-state index in [4.69, 9.17) is 9.47 Å². The molecule has 8 heteroatoms. The van der Waals surface area contributed by atoms with Gasteiger partial charge >= 0.3 is 5.97 Å². The molecular formula is C18H17NO6S. The van der Waals surface area contributed by atoms with Crippen molar-refractivity contribution in [2.24, 2.45) is 0 Å². The van der Waals surface area contributed by atoms with Crippen molar-refractivity contribution in [3.63, 3.8) is 0 Å². The van der Waals surface area contributed by atoms with Crippen molar-refractivity contribution in [1.29, 1.82) is 0 Å². The van der Waals surface area contributed by atoms with Gasteiger partial charge in [-0.05, 0) is 24.6 Å². The zero-order chi connectivity index (χ0) is 18.3. The first-order chi connectivity index (χ1) is 12.5. The molecule has 0 unspecified atom stereocenters. The average molecular weight is 375 g/mol. The van der Waals surface area contributed by atoms with Gasteiger partial charge in [0.2, 0.25) is 0 Å². The van der Waals surface area contributed by atoms with Gasteiger partial charge in [0, 0.05) is 18.1 Å². The summed E-state index contributed by atoms with van der Waals surface area (Å²) in [6.45, 7) is 0.857. The Morgan fingerprint density at radius 3 is 2.65 bits per heavy atom. The first-order valence-corrected chi connectivity index (χ1v) is 9.68. The summed E-state index contributed by atoms with van der Waals surface area (Å²) in [6.07, 6.45) is 0.700. The zero-order valence-electron chi connectivity index (χ0n) is 13.7. The molecule has 0 bridgehead atoms. The molecule has 26 heavy (non-hydrogen) atoms. The SMILES string of the molecule is O=C(O)c1c(NS(=O)(=O)c2ccccc2)ccc2c1OC[C@@H]1OCC[C@H]21. The van der Waals surface area contributed by atoms with Crippen molar-refractivity contribution in [1.82, 2.24) is 0 Å². The second-order valence-corrected chi connectivity index (χ2v) is 7.93. The van der Waals surface area contributed by atoms with E-state index in [1.165, 1.54) is 18.2 Å². The molecule has 1 saturated heterocycles. The summed E-state index contributed by atoms with van der Waals surface area (Å²) in [4.78, 5) is 11.9. The van der Waals surface area contributed by atoms with Crippen LogP contribution in [0.3, 0.4) is 0 Å². The summed E-state index contributed by atoms with van der Waals surface area (Å²) >= 11 is 0. The largest absolute Gasteiger partial charge is 0.490 e. The summed E-state index contributed by atoms with van der Waals surface area (Å²) < 4.78 is 38.7. The third-order valence-corrected chi connectivity index (χ3v) is 6.08. The molecule has 7 nitrogen and oxygen atoms in total. The maximum Gasteiger partial charge on any atom is 0.341 e. The number of carboxylic acid groups (broad SMARTS) is 1. The fourth-order valence-corrected chi connectivity index (χ4v) is 4.57. The Morgan fingerprint density at radius 2 is 1.92 bits per heavy atom. The third-order valence-electron chi connectivity index (χ3n) is 4.70. The number of carbonyl (C=O) groups is 1. The lowest BCUT2D eigenvalue weighted by atomic mass is 9.88. The molecule has 2 N–H and O–H groups in total. The van der Waals surface area contributed by atoms with Gasteiger partial charge in [0.15, 0.2) is 0 Å². The Kier molecular flexibility index (Phi) is 4.08. The van der Waals surface area contributed by atoms with Crippen LogP contribution in [0.15, 0.2) is 47.4 Å². The van der Waals surface area contributed by atoms with E-state index >= 15 is 0 Å². The number of aromatic carboxylic acids is 1. The summed E-state index contributed by atoms with van der Waals surface area (Å²) in [5.41, 5.74) is 0.559. The highest BCUT2D eigenvalue weighted by Crippen LogP contribution is 2.44. The van der Waals surface area contributed by atoms with Gasteiger partial charge in [-0.25, -0.2) is 13.2 Å². The van der Waals surface area contributed by atoms with E-state index in [1.807, 2.05) is 0 Å². The van der Waals surface area contributed by atoms with E-state index in [0.29, 0.717) is 6.61 Å². The van der Waals surface area contributed by atoms with Crippen LogP contribution in [0.4, 0.5) is 5.69 Å². The van der Waals surface area contributed by atoms with E-state index in [-0.39, 0.29) is 40.5 Å². The molecule has 0 radical (unpaired) electrons. The van der Waals surface area contributed by atoms with Gasteiger partial charge in [-0.2, -0.15) is 0 Å². The Hall–Kier alpha value is -2.58. The number of hydrogen-bond acceptors (Lipinski definition) is 5. The number of benzene rings is 2. The average Bonchev–Trinajstić information content (AvgIpc) is 3.10. The number of anilines is 1. The molecule has 1 fully saturated rings. The maximum atomic E-state index is 12.6. The molecule has 2 aliphatic heterocycles. The van der Waals surface area contributed by atoms with Crippen LogP contribution in [-0.4, -0.2) is 38.8 Å². The van der Waals surface area contributed by atoms with Crippen LogP contribution in [0, 0.1) is 0 Å². The van der Waals surface area contributed by atoms with Crippen LogP contribution in [0.2, 0.25) is 0 Å². The lowest BCUT2D eigenvalue weighted by molar-refractivity contribution is 0.0484. The number of nitrogens with one attached hydrogen (secondary N) is 1. The van der Waals surface area contributed by atoms with Gasteiger partial charge in [-0.15, -0.1) is 0 Å². The molecule has 2 aromatic carbocycles. The van der Waals surface area contributed by atoms with Crippen molar-refractivity contribution in [3.05, 3.63) is 53.6 Å². The number of fused-ring (bicyclic) bond motifs is 3. The number of hydrogen-bond donors (Lipinski definition) is 2. The molecule has 0 aliphatic carbocycles. The van der Waals surface area contributed by atoms with Crippen molar-refractivity contribution < 1.29 is 27.8 Å². The summed E-state index contributed by atoms with van der Waals surface area (Å²) in [7, 11) is -3.91. The topological polar surface area (TPSA) is 102 Å². The van der Waals surface area contributed by atoms with Crippen LogP contribution < -0.4 is 9.46 Å². The van der Waals surface area contributed by atoms with E-state index in [2.05, 4.69) is 4.72 Å². The number of ether oxygens (including phenoxy) is 2. The first kappa shape index (κ1) is 16.9. The van der Waals surface area contributed by atoms with Crippen molar-refractivity contribution in [2.45, 2.75) is 23.3 Å².